The maximum Gasteiger partial charge on any atom is 0.338 e. The Bertz CT molecular complexity index is 1210. The van der Waals surface area contributed by atoms with Gasteiger partial charge in [0.15, 0.2) is 0 Å². The summed E-state index contributed by atoms with van der Waals surface area (Å²) in [6, 6.07) is 16.0. The minimum Gasteiger partial charge on any atom is -0.467 e. The molecule has 0 bridgehead atoms. The van der Waals surface area contributed by atoms with Crippen molar-refractivity contribution >= 4 is 27.8 Å². The molecule has 2 amide bonds. The molecule has 0 saturated carbocycles. The molecule has 9 nitrogen and oxygen atoms in total. The van der Waals surface area contributed by atoms with Gasteiger partial charge in [-0.05, 0) is 67.9 Å². The van der Waals surface area contributed by atoms with Gasteiger partial charge < -0.3 is 23.6 Å². The summed E-state index contributed by atoms with van der Waals surface area (Å²) in [6.07, 6.45) is 1.52. The van der Waals surface area contributed by atoms with Crippen LogP contribution < -0.4 is 9.50 Å². The van der Waals surface area contributed by atoms with Crippen molar-refractivity contribution in [3.8, 4) is 5.75 Å². The average Bonchev–Trinajstić information content (AvgIpc) is 3.32. The SMILES string of the molecule is CCOC(=O)c1ccc(NC(=O)N(Cc2cccc(OS(=O)(=O)CC)c2)Cc2ccco2)cc1. The molecule has 0 aliphatic carbocycles. The standard InChI is InChI=1S/C24H26N2O7S/c1-3-31-23(27)19-10-12-20(13-11-19)25-24(28)26(17-22-9-6-14-32-22)16-18-7-5-8-21(15-18)33-34(29,30)4-2/h5-15H,3-4,16-17H2,1-2H3,(H,25,28). The number of furan rings is 1. The second-order valence-electron chi connectivity index (χ2n) is 7.24. The fraction of sp³-hybridized carbons (Fsp3) is 0.250. The average molecular weight is 487 g/mol. The van der Waals surface area contributed by atoms with E-state index in [1.165, 1.54) is 18.1 Å². The molecule has 2 aromatic carbocycles. The molecule has 0 radical (unpaired) electrons. The predicted octanol–water partition coefficient (Wildman–Crippen LogP) is 4.42. The Labute approximate surface area is 198 Å². The number of carbonyl (C=O) groups is 2. The van der Waals surface area contributed by atoms with E-state index < -0.39 is 22.1 Å². The van der Waals surface area contributed by atoms with Crippen molar-refractivity contribution in [2.24, 2.45) is 0 Å². The molecule has 34 heavy (non-hydrogen) atoms. The van der Waals surface area contributed by atoms with E-state index in [9.17, 15) is 18.0 Å². The van der Waals surface area contributed by atoms with Crippen molar-refractivity contribution in [1.29, 1.82) is 0 Å². The lowest BCUT2D eigenvalue weighted by molar-refractivity contribution is 0.0526. The number of rotatable bonds is 10. The fourth-order valence-corrected chi connectivity index (χ4v) is 3.53. The number of hydrogen-bond donors (Lipinski definition) is 1. The Morgan fingerprint density at radius 2 is 1.76 bits per heavy atom. The van der Waals surface area contributed by atoms with Gasteiger partial charge in [-0.25, -0.2) is 9.59 Å². The number of benzene rings is 2. The van der Waals surface area contributed by atoms with Crippen LogP contribution in [0.3, 0.4) is 0 Å². The molecule has 3 rings (SSSR count). The summed E-state index contributed by atoms with van der Waals surface area (Å²) in [5.74, 6) is 0.159. The highest BCUT2D eigenvalue weighted by molar-refractivity contribution is 7.87. The lowest BCUT2D eigenvalue weighted by Crippen LogP contribution is -2.34. The maximum atomic E-state index is 13.1. The van der Waals surface area contributed by atoms with Gasteiger partial charge in [-0.3, -0.25) is 0 Å². The second kappa shape index (κ2) is 11.4. The summed E-state index contributed by atoms with van der Waals surface area (Å²) < 4.78 is 39.0. The number of esters is 1. The largest absolute Gasteiger partial charge is 0.467 e. The van der Waals surface area contributed by atoms with E-state index in [2.05, 4.69) is 5.32 Å². The predicted molar refractivity (Wildman–Crippen MR) is 126 cm³/mol. The lowest BCUT2D eigenvalue weighted by atomic mass is 10.2. The zero-order valence-corrected chi connectivity index (χ0v) is 19.7. The lowest BCUT2D eigenvalue weighted by Gasteiger charge is -2.22. The molecule has 1 heterocycles. The van der Waals surface area contributed by atoms with Gasteiger partial charge in [-0.15, -0.1) is 0 Å². The number of nitrogens with zero attached hydrogens (tertiary/aromatic N) is 1. The summed E-state index contributed by atoms with van der Waals surface area (Å²) in [7, 11) is -3.67. The Balaban J connectivity index is 1.76. The number of carbonyl (C=O) groups excluding carboxylic acids is 2. The van der Waals surface area contributed by atoms with E-state index in [1.54, 1.807) is 67.6 Å². The van der Waals surface area contributed by atoms with Gasteiger partial charge in [-0.1, -0.05) is 12.1 Å². The molecule has 0 fully saturated rings. The van der Waals surface area contributed by atoms with Crippen molar-refractivity contribution in [2.75, 3.05) is 17.7 Å². The zero-order chi connectivity index (χ0) is 24.6. The van der Waals surface area contributed by atoms with Crippen LogP contribution in [-0.2, 0) is 27.9 Å². The number of anilines is 1. The Morgan fingerprint density at radius 1 is 1.00 bits per heavy atom. The Kier molecular flexibility index (Phi) is 8.31. The van der Waals surface area contributed by atoms with Crippen LogP contribution in [0, 0.1) is 0 Å². The topological polar surface area (TPSA) is 115 Å². The zero-order valence-electron chi connectivity index (χ0n) is 18.9. The van der Waals surface area contributed by atoms with E-state index in [4.69, 9.17) is 13.3 Å². The first-order valence-corrected chi connectivity index (χ1v) is 12.2. The normalized spacial score (nSPS) is 11.0. The summed E-state index contributed by atoms with van der Waals surface area (Å²) in [5, 5.41) is 2.80. The number of urea groups is 1. The van der Waals surface area contributed by atoms with Crippen LogP contribution in [0.25, 0.3) is 0 Å². The third kappa shape index (κ3) is 7.11. The Hall–Kier alpha value is -3.79. The van der Waals surface area contributed by atoms with Crippen LogP contribution in [-0.4, -0.2) is 37.7 Å². The van der Waals surface area contributed by atoms with Crippen LogP contribution in [0.1, 0.15) is 35.5 Å². The highest BCUT2D eigenvalue weighted by atomic mass is 32.2. The molecule has 0 aliphatic heterocycles. The van der Waals surface area contributed by atoms with E-state index in [0.717, 1.165) is 0 Å². The van der Waals surface area contributed by atoms with Crippen LogP contribution in [0.15, 0.2) is 71.3 Å². The van der Waals surface area contributed by atoms with Crippen molar-refractivity contribution in [3.63, 3.8) is 0 Å². The van der Waals surface area contributed by atoms with Gasteiger partial charge in [-0.2, -0.15) is 8.42 Å². The second-order valence-corrected chi connectivity index (χ2v) is 9.10. The molecular weight excluding hydrogens is 460 g/mol. The van der Waals surface area contributed by atoms with Crippen molar-refractivity contribution in [2.45, 2.75) is 26.9 Å². The van der Waals surface area contributed by atoms with Crippen LogP contribution in [0.5, 0.6) is 5.75 Å². The van der Waals surface area contributed by atoms with Crippen molar-refractivity contribution in [1.82, 2.24) is 4.90 Å². The molecule has 0 spiro atoms. The third-order valence-electron chi connectivity index (χ3n) is 4.71. The quantitative estimate of drug-likeness (QED) is 0.333. The minimum absolute atomic E-state index is 0.154. The number of amides is 2. The first-order valence-electron chi connectivity index (χ1n) is 10.7. The highest BCUT2D eigenvalue weighted by Gasteiger charge is 2.18. The minimum atomic E-state index is -3.67. The molecule has 0 saturated heterocycles. The molecule has 3 aromatic rings. The Morgan fingerprint density at radius 3 is 2.41 bits per heavy atom. The summed E-state index contributed by atoms with van der Waals surface area (Å²) in [6.45, 7) is 3.84. The maximum absolute atomic E-state index is 13.1. The van der Waals surface area contributed by atoms with Gasteiger partial charge in [0.25, 0.3) is 0 Å². The summed E-state index contributed by atoms with van der Waals surface area (Å²) >= 11 is 0. The first kappa shape index (κ1) is 24.8. The van der Waals surface area contributed by atoms with Gasteiger partial charge in [0.2, 0.25) is 0 Å². The summed E-state index contributed by atoms with van der Waals surface area (Å²) in [5.41, 5.74) is 1.54. The van der Waals surface area contributed by atoms with Crippen molar-refractivity contribution in [3.05, 3.63) is 83.8 Å². The van der Waals surface area contributed by atoms with E-state index >= 15 is 0 Å². The van der Waals surface area contributed by atoms with Gasteiger partial charge in [0.1, 0.15) is 11.5 Å². The molecule has 1 N–H and O–H groups in total. The number of nitrogens with one attached hydrogen (secondary N) is 1. The van der Waals surface area contributed by atoms with Crippen LogP contribution in [0.4, 0.5) is 10.5 Å². The molecular formula is C24H26N2O7S. The molecule has 1 aromatic heterocycles. The first-order chi connectivity index (χ1) is 16.3. The molecule has 10 heteroatoms. The van der Waals surface area contributed by atoms with Crippen LogP contribution >= 0.6 is 0 Å². The van der Waals surface area contributed by atoms with Gasteiger partial charge >= 0.3 is 22.1 Å². The van der Waals surface area contributed by atoms with E-state index in [0.29, 0.717) is 22.6 Å². The molecule has 0 aliphatic rings. The number of hydrogen-bond acceptors (Lipinski definition) is 7. The van der Waals surface area contributed by atoms with E-state index in [-0.39, 0.29) is 31.2 Å². The van der Waals surface area contributed by atoms with Crippen molar-refractivity contribution < 1.29 is 31.3 Å². The number of ether oxygens (including phenoxy) is 1. The molecule has 0 atom stereocenters. The van der Waals surface area contributed by atoms with Crippen LogP contribution in [0.2, 0.25) is 0 Å². The van der Waals surface area contributed by atoms with Gasteiger partial charge in [0.05, 0.1) is 30.7 Å². The van der Waals surface area contributed by atoms with E-state index in [1.807, 2.05) is 0 Å². The monoisotopic (exact) mass is 486 g/mol. The smallest absolute Gasteiger partial charge is 0.338 e. The molecule has 0 unspecified atom stereocenters. The third-order valence-corrected chi connectivity index (χ3v) is 5.86. The van der Waals surface area contributed by atoms with Gasteiger partial charge in [0, 0.05) is 12.2 Å². The highest BCUT2D eigenvalue weighted by Crippen LogP contribution is 2.19. The summed E-state index contributed by atoms with van der Waals surface area (Å²) in [4.78, 5) is 26.4. The fourth-order valence-electron chi connectivity index (χ4n) is 3.02. The molecule has 180 valence electrons.